The van der Waals surface area contributed by atoms with Crippen LogP contribution < -0.4 is 5.73 Å². The van der Waals surface area contributed by atoms with Gasteiger partial charge in [-0.3, -0.25) is 4.90 Å². The summed E-state index contributed by atoms with van der Waals surface area (Å²) in [4.78, 5) is 2.46. The zero-order valence-electron chi connectivity index (χ0n) is 9.05. The van der Waals surface area contributed by atoms with Crippen molar-refractivity contribution >= 4 is 0 Å². The van der Waals surface area contributed by atoms with Crippen LogP contribution in [0.25, 0.3) is 0 Å². The molecule has 0 radical (unpaired) electrons. The molecular formula is C10H22N2O. The first-order valence-electron chi connectivity index (χ1n) is 5.14. The Morgan fingerprint density at radius 3 is 2.31 bits per heavy atom. The summed E-state index contributed by atoms with van der Waals surface area (Å²) in [6.07, 6.45) is 0. The topological polar surface area (TPSA) is 38.5 Å². The minimum absolute atomic E-state index is 0.143. The van der Waals surface area contributed by atoms with Crippen LogP contribution in [0, 0.1) is 5.92 Å². The standard InChI is InChI=1S/C10H22N2O/c1-9(2)10(3,8-11)12-4-6-13-7-5-12/h9H,4-8,11H2,1-3H3. The summed E-state index contributed by atoms with van der Waals surface area (Å²) in [6.45, 7) is 11.2. The van der Waals surface area contributed by atoms with E-state index in [0.717, 1.165) is 32.8 Å². The van der Waals surface area contributed by atoms with Crippen molar-refractivity contribution in [1.82, 2.24) is 4.90 Å². The van der Waals surface area contributed by atoms with Crippen molar-refractivity contribution in [3.05, 3.63) is 0 Å². The second-order valence-electron chi connectivity index (χ2n) is 4.32. The second kappa shape index (κ2) is 4.40. The van der Waals surface area contributed by atoms with E-state index in [1.807, 2.05) is 0 Å². The van der Waals surface area contributed by atoms with Crippen molar-refractivity contribution in [3.8, 4) is 0 Å². The summed E-state index contributed by atoms with van der Waals surface area (Å²) in [6, 6.07) is 0. The molecule has 0 amide bonds. The van der Waals surface area contributed by atoms with E-state index in [4.69, 9.17) is 10.5 Å². The molecule has 1 saturated heterocycles. The van der Waals surface area contributed by atoms with Gasteiger partial charge < -0.3 is 10.5 Å². The molecule has 1 aliphatic heterocycles. The molecule has 1 aliphatic rings. The highest BCUT2D eigenvalue weighted by Crippen LogP contribution is 2.24. The number of nitrogens with two attached hydrogens (primary N) is 1. The maximum Gasteiger partial charge on any atom is 0.0594 e. The van der Waals surface area contributed by atoms with Gasteiger partial charge in [-0.2, -0.15) is 0 Å². The Morgan fingerprint density at radius 2 is 1.92 bits per heavy atom. The molecule has 3 nitrogen and oxygen atoms in total. The molecule has 1 atom stereocenters. The summed E-state index contributed by atoms with van der Waals surface area (Å²) < 4.78 is 5.34. The highest BCUT2D eigenvalue weighted by molar-refractivity contribution is 4.91. The summed E-state index contributed by atoms with van der Waals surface area (Å²) >= 11 is 0. The molecule has 0 aliphatic carbocycles. The molecule has 0 aromatic heterocycles. The van der Waals surface area contributed by atoms with Crippen molar-refractivity contribution in [3.63, 3.8) is 0 Å². The fraction of sp³-hybridized carbons (Fsp3) is 1.00. The van der Waals surface area contributed by atoms with E-state index in [2.05, 4.69) is 25.7 Å². The lowest BCUT2D eigenvalue weighted by Crippen LogP contribution is -2.58. The molecule has 0 aromatic carbocycles. The van der Waals surface area contributed by atoms with Crippen LogP contribution in [-0.2, 0) is 4.74 Å². The van der Waals surface area contributed by atoms with Gasteiger partial charge in [0.15, 0.2) is 0 Å². The zero-order chi connectivity index (χ0) is 9.90. The van der Waals surface area contributed by atoms with E-state index in [9.17, 15) is 0 Å². The molecular weight excluding hydrogens is 164 g/mol. The minimum atomic E-state index is 0.143. The van der Waals surface area contributed by atoms with Gasteiger partial charge in [0.1, 0.15) is 0 Å². The molecule has 0 spiro atoms. The quantitative estimate of drug-likeness (QED) is 0.705. The first kappa shape index (κ1) is 11.0. The Labute approximate surface area is 81.2 Å². The Kier molecular flexibility index (Phi) is 3.71. The van der Waals surface area contributed by atoms with Crippen LogP contribution in [0.3, 0.4) is 0 Å². The Morgan fingerprint density at radius 1 is 1.38 bits per heavy atom. The summed E-state index contributed by atoms with van der Waals surface area (Å²) in [5.41, 5.74) is 6.00. The van der Waals surface area contributed by atoms with Crippen LogP contribution in [0.1, 0.15) is 20.8 Å². The largest absolute Gasteiger partial charge is 0.379 e. The molecule has 0 aromatic rings. The smallest absolute Gasteiger partial charge is 0.0594 e. The normalized spacial score (nSPS) is 24.7. The molecule has 0 saturated carbocycles. The average molecular weight is 186 g/mol. The highest BCUT2D eigenvalue weighted by Gasteiger charge is 2.34. The van der Waals surface area contributed by atoms with Crippen LogP contribution in [0.15, 0.2) is 0 Å². The van der Waals surface area contributed by atoms with Gasteiger partial charge in [-0.1, -0.05) is 13.8 Å². The van der Waals surface area contributed by atoms with Crippen molar-refractivity contribution < 1.29 is 4.74 Å². The molecule has 2 N–H and O–H groups in total. The Bertz CT molecular complexity index is 155. The van der Waals surface area contributed by atoms with Gasteiger partial charge in [0.05, 0.1) is 13.2 Å². The van der Waals surface area contributed by atoms with E-state index in [0.29, 0.717) is 5.92 Å². The number of hydrogen-bond donors (Lipinski definition) is 1. The Balaban J connectivity index is 2.62. The number of hydrogen-bond acceptors (Lipinski definition) is 3. The molecule has 3 heteroatoms. The van der Waals surface area contributed by atoms with Crippen LogP contribution in [-0.4, -0.2) is 43.3 Å². The third-order valence-electron chi connectivity index (χ3n) is 3.39. The van der Waals surface area contributed by atoms with E-state index >= 15 is 0 Å². The van der Waals surface area contributed by atoms with Gasteiger partial charge >= 0.3 is 0 Å². The van der Waals surface area contributed by atoms with Crippen LogP contribution in [0.5, 0.6) is 0 Å². The lowest BCUT2D eigenvalue weighted by atomic mass is 9.86. The number of rotatable bonds is 3. The maximum atomic E-state index is 5.86. The predicted octanol–water partition coefficient (Wildman–Crippen LogP) is 0.692. The fourth-order valence-corrected chi connectivity index (χ4v) is 1.80. The molecule has 78 valence electrons. The van der Waals surface area contributed by atoms with Gasteiger partial charge in [0.25, 0.3) is 0 Å². The van der Waals surface area contributed by atoms with Gasteiger partial charge in [0.2, 0.25) is 0 Å². The average Bonchev–Trinajstić information content (AvgIpc) is 2.17. The van der Waals surface area contributed by atoms with E-state index in [-0.39, 0.29) is 5.54 Å². The van der Waals surface area contributed by atoms with Gasteiger partial charge in [-0.15, -0.1) is 0 Å². The van der Waals surface area contributed by atoms with Crippen molar-refractivity contribution in [1.29, 1.82) is 0 Å². The highest BCUT2D eigenvalue weighted by atomic mass is 16.5. The van der Waals surface area contributed by atoms with Crippen LogP contribution in [0.2, 0.25) is 0 Å². The van der Waals surface area contributed by atoms with Gasteiger partial charge in [0, 0.05) is 25.2 Å². The summed E-state index contributed by atoms with van der Waals surface area (Å²) in [5, 5.41) is 0. The first-order chi connectivity index (χ1) is 6.11. The third-order valence-corrected chi connectivity index (χ3v) is 3.39. The molecule has 13 heavy (non-hydrogen) atoms. The molecule has 1 unspecified atom stereocenters. The summed E-state index contributed by atoms with van der Waals surface area (Å²) in [5.74, 6) is 0.593. The fourth-order valence-electron chi connectivity index (χ4n) is 1.80. The molecule has 1 fully saturated rings. The van der Waals surface area contributed by atoms with Crippen molar-refractivity contribution in [2.45, 2.75) is 26.3 Å². The lowest BCUT2D eigenvalue weighted by Gasteiger charge is -2.45. The molecule has 1 rings (SSSR count). The summed E-state index contributed by atoms with van der Waals surface area (Å²) in [7, 11) is 0. The van der Waals surface area contributed by atoms with E-state index < -0.39 is 0 Å². The SMILES string of the molecule is CC(C)C(C)(CN)N1CCOCC1. The maximum absolute atomic E-state index is 5.86. The predicted molar refractivity (Wildman–Crippen MR) is 54.7 cm³/mol. The number of morpholine rings is 1. The number of ether oxygens (including phenoxy) is 1. The zero-order valence-corrected chi connectivity index (χ0v) is 9.05. The second-order valence-corrected chi connectivity index (χ2v) is 4.32. The minimum Gasteiger partial charge on any atom is -0.379 e. The monoisotopic (exact) mass is 186 g/mol. The first-order valence-corrected chi connectivity index (χ1v) is 5.14. The Hall–Kier alpha value is -0.120. The third kappa shape index (κ3) is 2.22. The van der Waals surface area contributed by atoms with Gasteiger partial charge in [-0.25, -0.2) is 0 Å². The van der Waals surface area contributed by atoms with Gasteiger partial charge in [-0.05, 0) is 12.8 Å². The van der Waals surface area contributed by atoms with Crippen molar-refractivity contribution in [2.75, 3.05) is 32.8 Å². The van der Waals surface area contributed by atoms with E-state index in [1.54, 1.807) is 0 Å². The van der Waals surface area contributed by atoms with Crippen molar-refractivity contribution in [2.24, 2.45) is 11.7 Å². The van der Waals surface area contributed by atoms with Crippen LogP contribution in [0.4, 0.5) is 0 Å². The van der Waals surface area contributed by atoms with Crippen LogP contribution >= 0.6 is 0 Å². The number of nitrogens with zero attached hydrogens (tertiary/aromatic N) is 1. The molecule has 0 bridgehead atoms. The molecule has 1 heterocycles. The van der Waals surface area contributed by atoms with E-state index in [1.165, 1.54) is 0 Å². The lowest BCUT2D eigenvalue weighted by molar-refractivity contribution is -0.0299.